The summed E-state index contributed by atoms with van der Waals surface area (Å²) in [6, 6.07) is 5.51. The van der Waals surface area contributed by atoms with Crippen molar-refractivity contribution in [3.05, 3.63) is 23.8 Å². The molecule has 20 heavy (non-hydrogen) atoms. The Labute approximate surface area is 117 Å². The van der Waals surface area contributed by atoms with Gasteiger partial charge in [-0.05, 0) is 37.1 Å². The maximum atomic E-state index is 12.0. The number of ether oxygens (including phenoxy) is 3. The smallest absolute Gasteiger partial charge is 0.313 e. The number of methoxy groups -OCH3 is 1. The molecule has 0 aliphatic carbocycles. The number of rotatable bonds is 5. The Hall–Kier alpha value is -2.04. The Bertz CT molecular complexity index is 509. The molecule has 0 saturated carbocycles. The molecule has 0 fully saturated rings. The lowest BCUT2D eigenvalue weighted by Crippen LogP contribution is -2.30. The summed E-state index contributed by atoms with van der Waals surface area (Å²) < 4.78 is 15.5. The van der Waals surface area contributed by atoms with Crippen LogP contribution in [-0.2, 0) is 20.7 Å². The Morgan fingerprint density at radius 2 is 2.20 bits per heavy atom. The first-order valence-electron chi connectivity index (χ1n) is 6.62. The van der Waals surface area contributed by atoms with Crippen LogP contribution in [0.4, 0.5) is 0 Å². The summed E-state index contributed by atoms with van der Waals surface area (Å²) in [6.07, 6.45) is 0.367. The van der Waals surface area contributed by atoms with E-state index in [0.717, 1.165) is 17.1 Å². The van der Waals surface area contributed by atoms with E-state index in [1.165, 1.54) is 0 Å². The van der Waals surface area contributed by atoms with Gasteiger partial charge in [-0.15, -0.1) is 0 Å². The Kier molecular flexibility index (Phi) is 4.61. The van der Waals surface area contributed by atoms with Crippen molar-refractivity contribution < 1.29 is 23.8 Å². The molecular weight excluding hydrogens is 260 g/mol. The lowest BCUT2D eigenvalue weighted by molar-refractivity contribution is -0.146. The molecule has 1 unspecified atom stereocenters. The summed E-state index contributed by atoms with van der Waals surface area (Å²) in [4.78, 5) is 23.4. The average Bonchev–Trinajstić information content (AvgIpc) is 2.46. The van der Waals surface area contributed by atoms with Crippen LogP contribution in [0, 0.1) is 5.92 Å². The average molecular weight is 278 g/mol. The van der Waals surface area contributed by atoms with Crippen LogP contribution in [0.5, 0.6) is 11.5 Å². The lowest BCUT2D eigenvalue weighted by Gasteiger charge is -2.24. The van der Waals surface area contributed by atoms with Gasteiger partial charge in [-0.25, -0.2) is 0 Å². The molecule has 108 valence electrons. The van der Waals surface area contributed by atoms with Crippen LogP contribution >= 0.6 is 0 Å². The number of esters is 1. The predicted molar refractivity (Wildman–Crippen MR) is 71.9 cm³/mol. The summed E-state index contributed by atoms with van der Waals surface area (Å²) in [5.41, 5.74) is 0.929. The van der Waals surface area contributed by atoms with Crippen LogP contribution < -0.4 is 9.47 Å². The van der Waals surface area contributed by atoms with Gasteiger partial charge >= 0.3 is 5.97 Å². The van der Waals surface area contributed by atoms with E-state index in [4.69, 9.17) is 14.2 Å². The summed E-state index contributed by atoms with van der Waals surface area (Å²) in [5, 5.41) is 0. The number of ketones is 1. The Morgan fingerprint density at radius 3 is 2.90 bits per heavy atom. The van der Waals surface area contributed by atoms with E-state index in [9.17, 15) is 9.59 Å². The quantitative estimate of drug-likeness (QED) is 0.607. The van der Waals surface area contributed by atoms with Crippen LogP contribution in [0.1, 0.15) is 18.9 Å². The number of hydrogen-bond acceptors (Lipinski definition) is 5. The van der Waals surface area contributed by atoms with Crippen molar-refractivity contribution in [3.63, 3.8) is 0 Å². The molecule has 0 bridgehead atoms. The molecule has 1 atom stereocenters. The molecule has 1 aliphatic rings. The maximum absolute atomic E-state index is 12.0. The minimum absolute atomic E-state index is 0.142. The second kappa shape index (κ2) is 6.41. The highest BCUT2D eigenvalue weighted by atomic mass is 16.5. The maximum Gasteiger partial charge on any atom is 0.313 e. The molecule has 2 rings (SSSR count). The molecular formula is C15H18O5. The topological polar surface area (TPSA) is 61.8 Å². The molecule has 1 aromatic rings. The molecule has 1 aromatic carbocycles. The van der Waals surface area contributed by atoms with Crippen LogP contribution in [0.15, 0.2) is 18.2 Å². The van der Waals surface area contributed by atoms with Gasteiger partial charge < -0.3 is 14.2 Å². The third-order valence-electron chi connectivity index (χ3n) is 3.25. The number of carbonyl (C=O) groups is 2. The van der Waals surface area contributed by atoms with Crippen molar-refractivity contribution in [3.8, 4) is 11.5 Å². The molecule has 0 radical (unpaired) electrons. The molecule has 1 heterocycles. The van der Waals surface area contributed by atoms with Crippen LogP contribution in [0.3, 0.4) is 0 Å². The standard InChI is InChI=1S/C15H18O5/c1-3-19-15(17)8-13(16)11-6-10-7-12(18-2)4-5-14(10)20-9-11/h4-5,7,11H,3,6,8-9H2,1-2H3. The van der Waals surface area contributed by atoms with Crippen LogP contribution in [0.25, 0.3) is 0 Å². The van der Waals surface area contributed by atoms with Gasteiger partial charge in [0.25, 0.3) is 0 Å². The minimum atomic E-state index is -0.478. The molecule has 0 saturated heterocycles. The van der Waals surface area contributed by atoms with Gasteiger partial charge in [0.1, 0.15) is 17.9 Å². The Balaban J connectivity index is 2.02. The van der Waals surface area contributed by atoms with Crippen molar-refractivity contribution >= 4 is 11.8 Å². The fourth-order valence-corrected chi connectivity index (χ4v) is 2.20. The van der Waals surface area contributed by atoms with E-state index < -0.39 is 5.97 Å². The van der Waals surface area contributed by atoms with Gasteiger partial charge in [0.05, 0.1) is 26.2 Å². The zero-order valence-electron chi connectivity index (χ0n) is 11.7. The number of benzene rings is 1. The van der Waals surface area contributed by atoms with Crippen molar-refractivity contribution in [2.24, 2.45) is 5.92 Å². The fraction of sp³-hybridized carbons (Fsp3) is 0.467. The normalized spacial score (nSPS) is 16.8. The third kappa shape index (κ3) is 3.29. The Morgan fingerprint density at radius 1 is 1.40 bits per heavy atom. The van der Waals surface area contributed by atoms with Gasteiger partial charge in [0, 0.05) is 0 Å². The van der Waals surface area contributed by atoms with E-state index in [1.54, 1.807) is 14.0 Å². The predicted octanol–water partition coefficient (Wildman–Crippen LogP) is 1.77. The highest BCUT2D eigenvalue weighted by molar-refractivity contribution is 5.97. The van der Waals surface area contributed by atoms with Crippen molar-refractivity contribution in [2.75, 3.05) is 20.3 Å². The van der Waals surface area contributed by atoms with Crippen molar-refractivity contribution in [1.29, 1.82) is 0 Å². The van der Waals surface area contributed by atoms with E-state index in [0.29, 0.717) is 13.0 Å². The molecule has 0 amide bonds. The summed E-state index contributed by atoms with van der Waals surface area (Å²) in [5.74, 6) is 0.571. The van der Waals surface area contributed by atoms with Gasteiger partial charge in [0.2, 0.25) is 0 Å². The highest BCUT2D eigenvalue weighted by Crippen LogP contribution is 2.31. The molecule has 0 spiro atoms. The summed E-state index contributed by atoms with van der Waals surface area (Å²) in [6.45, 7) is 2.31. The van der Waals surface area contributed by atoms with Crippen molar-refractivity contribution in [2.45, 2.75) is 19.8 Å². The first-order valence-corrected chi connectivity index (χ1v) is 6.62. The SMILES string of the molecule is CCOC(=O)CC(=O)C1COc2ccc(OC)cc2C1. The third-order valence-corrected chi connectivity index (χ3v) is 3.25. The molecule has 0 N–H and O–H groups in total. The second-order valence-electron chi connectivity index (χ2n) is 4.63. The second-order valence-corrected chi connectivity index (χ2v) is 4.63. The molecule has 1 aliphatic heterocycles. The fourth-order valence-electron chi connectivity index (χ4n) is 2.20. The molecule has 5 nitrogen and oxygen atoms in total. The van der Waals surface area contributed by atoms with E-state index in [1.807, 2.05) is 18.2 Å². The number of hydrogen-bond donors (Lipinski definition) is 0. The van der Waals surface area contributed by atoms with E-state index >= 15 is 0 Å². The zero-order chi connectivity index (χ0) is 14.5. The monoisotopic (exact) mass is 278 g/mol. The van der Waals surface area contributed by atoms with Gasteiger partial charge in [-0.2, -0.15) is 0 Å². The lowest BCUT2D eigenvalue weighted by atomic mass is 9.91. The van der Waals surface area contributed by atoms with E-state index in [-0.39, 0.29) is 24.7 Å². The first-order chi connectivity index (χ1) is 9.63. The van der Waals surface area contributed by atoms with Crippen LogP contribution in [-0.4, -0.2) is 32.1 Å². The van der Waals surface area contributed by atoms with Gasteiger partial charge in [-0.3, -0.25) is 9.59 Å². The highest BCUT2D eigenvalue weighted by Gasteiger charge is 2.27. The summed E-state index contributed by atoms with van der Waals surface area (Å²) >= 11 is 0. The van der Waals surface area contributed by atoms with E-state index in [2.05, 4.69) is 0 Å². The zero-order valence-corrected chi connectivity index (χ0v) is 11.7. The van der Waals surface area contributed by atoms with Crippen LogP contribution in [0.2, 0.25) is 0 Å². The minimum Gasteiger partial charge on any atom is -0.497 e. The molecule has 0 aromatic heterocycles. The summed E-state index contributed by atoms with van der Waals surface area (Å²) in [7, 11) is 1.59. The van der Waals surface area contributed by atoms with Crippen molar-refractivity contribution in [1.82, 2.24) is 0 Å². The van der Waals surface area contributed by atoms with Gasteiger partial charge in [-0.1, -0.05) is 0 Å². The molecule has 5 heteroatoms. The number of Topliss-reactive ketones (excluding diaryl/α,β-unsaturated/α-hetero) is 1. The number of fused-ring (bicyclic) bond motifs is 1. The largest absolute Gasteiger partial charge is 0.497 e. The first kappa shape index (κ1) is 14.4. The number of carbonyl (C=O) groups excluding carboxylic acids is 2. The van der Waals surface area contributed by atoms with Gasteiger partial charge in [0.15, 0.2) is 5.78 Å².